The third kappa shape index (κ3) is 4.85. The van der Waals surface area contributed by atoms with E-state index in [0.717, 1.165) is 12.0 Å². The van der Waals surface area contributed by atoms with Gasteiger partial charge < -0.3 is 14.9 Å². The van der Waals surface area contributed by atoms with E-state index >= 15 is 0 Å². The van der Waals surface area contributed by atoms with Crippen molar-refractivity contribution in [1.29, 1.82) is 0 Å². The largest absolute Gasteiger partial charge is 0.394 e. The van der Waals surface area contributed by atoms with Gasteiger partial charge in [-0.2, -0.15) is 0 Å². The lowest BCUT2D eigenvalue weighted by molar-refractivity contribution is -0.132. The molecule has 6 heteroatoms. The molecule has 1 aromatic carbocycles. The highest BCUT2D eigenvalue weighted by Crippen LogP contribution is 2.35. The molecule has 2 heterocycles. The molecule has 2 aliphatic heterocycles. The number of rotatable bonds is 6. The van der Waals surface area contributed by atoms with Crippen LogP contribution in [0.3, 0.4) is 0 Å². The number of carbonyl (C=O) groups is 1. The molecule has 1 amide bonds. The van der Waals surface area contributed by atoms with Crippen LogP contribution in [0.4, 0.5) is 8.78 Å². The summed E-state index contributed by atoms with van der Waals surface area (Å²) in [6, 6.07) is 9.40. The molecule has 1 aromatic rings. The van der Waals surface area contributed by atoms with Crippen molar-refractivity contribution in [3.05, 3.63) is 35.9 Å². The number of hydrogen-bond donors (Lipinski definition) is 1. The van der Waals surface area contributed by atoms with Gasteiger partial charge in [-0.3, -0.25) is 4.79 Å². The van der Waals surface area contributed by atoms with Gasteiger partial charge >= 0.3 is 0 Å². The van der Waals surface area contributed by atoms with Crippen LogP contribution in [0.5, 0.6) is 0 Å². The molecule has 0 spiro atoms. The van der Waals surface area contributed by atoms with Gasteiger partial charge in [0.15, 0.2) is 0 Å². The van der Waals surface area contributed by atoms with Crippen molar-refractivity contribution in [2.45, 2.75) is 44.6 Å². The Hall–Kier alpha value is -1.53. The summed E-state index contributed by atoms with van der Waals surface area (Å²) < 4.78 is 26.9. The van der Waals surface area contributed by atoms with Gasteiger partial charge in [0, 0.05) is 39.0 Å². The van der Waals surface area contributed by atoms with Gasteiger partial charge in [-0.1, -0.05) is 43.7 Å². The van der Waals surface area contributed by atoms with Crippen LogP contribution >= 0.6 is 0 Å². The summed E-state index contributed by atoms with van der Waals surface area (Å²) in [7, 11) is 0. The van der Waals surface area contributed by atoms with Crippen LogP contribution < -0.4 is 0 Å². The van der Waals surface area contributed by atoms with Crippen molar-refractivity contribution in [1.82, 2.24) is 9.80 Å². The molecule has 0 saturated carbocycles. The molecule has 0 aliphatic carbocycles. The summed E-state index contributed by atoms with van der Waals surface area (Å²) in [5.74, 6) is -2.09. The number of alkyl halides is 2. The van der Waals surface area contributed by atoms with Crippen LogP contribution in [0.2, 0.25) is 0 Å². The van der Waals surface area contributed by atoms with Gasteiger partial charge in [-0.15, -0.1) is 0 Å². The van der Waals surface area contributed by atoms with Gasteiger partial charge in [0.05, 0.1) is 19.1 Å². The average Bonchev–Trinajstić information content (AvgIpc) is 3.01. The number of carbonyl (C=O) groups excluding carboxylic acids is 1. The first kappa shape index (κ1) is 20.2. The Bertz CT molecular complexity index is 616. The predicted molar refractivity (Wildman–Crippen MR) is 101 cm³/mol. The fourth-order valence-corrected chi connectivity index (χ4v) is 4.52. The van der Waals surface area contributed by atoms with E-state index in [1.807, 2.05) is 35.2 Å². The van der Waals surface area contributed by atoms with E-state index in [1.165, 1.54) is 0 Å². The van der Waals surface area contributed by atoms with E-state index in [-0.39, 0.29) is 37.3 Å². The van der Waals surface area contributed by atoms with Crippen molar-refractivity contribution in [2.24, 2.45) is 11.8 Å². The number of aliphatic hydroxyl groups excluding tert-OH is 1. The summed E-state index contributed by atoms with van der Waals surface area (Å²) in [5, 5.41) is 10.0. The second-order valence-electron chi connectivity index (χ2n) is 7.95. The van der Waals surface area contributed by atoms with Crippen molar-refractivity contribution < 1.29 is 18.7 Å². The van der Waals surface area contributed by atoms with E-state index in [2.05, 4.69) is 11.8 Å². The van der Waals surface area contributed by atoms with Gasteiger partial charge in [-0.25, -0.2) is 8.78 Å². The third-order valence-electron chi connectivity index (χ3n) is 6.22. The molecule has 0 aromatic heterocycles. The maximum absolute atomic E-state index is 13.4. The maximum atomic E-state index is 13.4. The molecule has 150 valence electrons. The fourth-order valence-electron chi connectivity index (χ4n) is 4.52. The number of likely N-dealkylation sites (tertiary alicyclic amines) is 2. The van der Waals surface area contributed by atoms with Crippen LogP contribution in [-0.2, 0) is 11.2 Å². The SMILES string of the molecule is CC[C@@H]1CN(C(=O)Cc2ccccc2)[C@H](CO)[C@@H]1CN1CCC(F)(F)CC1. The molecule has 2 saturated heterocycles. The standard InChI is InChI=1S/C21H30F2N2O2/c1-2-17-13-25(20(27)12-16-6-4-3-5-7-16)19(15-26)18(17)14-24-10-8-21(22,23)9-11-24/h3-7,17-19,26H,2,8-15H2,1H3/t17-,18-,19-/m1/s1. The number of nitrogens with zero attached hydrogens (tertiary/aromatic N) is 2. The van der Waals surface area contributed by atoms with Crippen LogP contribution in [0.25, 0.3) is 0 Å². The van der Waals surface area contributed by atoms with E-state index in [4.69, 9.17) is 0 Å². The zero-order valence-corrected chi connectivity index (χ0v) is 16.0. The minimum absolute atomic E-state index is 0.0337. The summed E-state index contributed by atoms with van der Waals surface area (Å²) in [5.41, 5.74) is 0.967. The number of benzene rings is 1. The minimum atomic E-state index is -2.55. The topological polar surface area (TPSA) is 43.8 Å². The molecular formula is C21H30F2N2O2. The van der Waals surface area contributed by atoms with Crippen LogP contribution in [0.15, 0.2) is 30.3 Å². The molecule has 0 bridgehead atoms. The normalized spacial score (nSPS) is 28.4. The summed E-state index contributed by atoms with van der Waals surface area (Å²) in [6.45, 7) is 4.11. The van der Waals surface area contributed by atoms with Gasteiger partial charge in [0.2, 0.25) is 5.91 Å². The highest BCUT2D eigenvalue weighted by molar-refractivity contribution is 5.79. The lowest BCUT2D eigenvalue weighted by Gasteiger charge is -2.36. The molecule has 3 atom stereocenters. The summed E-state index contributed by atoms with van der Waals surface area (Å²) in [6.07, 6.45) is 1.05. The quantitative estimate of drug-likeness (QED) is 0.825. The van der Waals surface area contributed by atoms with Crippen molar-refractivity contribution in [2.75, 3.05) is 32.8 Å². The molecular weight excluding hydrogens is 350 g/mol. The molecule has 3 rings (SSSR count). The molecule has 4 nitrogen and oxygen atoms in total. The lowest BCUT2D eigenvalue weighted by atomic mass is 9.87. The monoisotopic (exact) mass is 380 g/mol. The highest BCUT2D eigenvalue weighted by atomic mass is 19.3. The first-order valence-corrected chi connectivity index (χ1v) is 9.98. The van der Waals surface area contributed by atoms with E-state index < -0.39 is 5.92 Å². The number of halogens is 2. The molecule has 2 aliphatic rings. The Labute approximate surface area is 160 Å². The first-order valence-electron chi connectivity index (χ1n) is 9.98. The molecule has 0 radical (unpaired) electrons. The van der Waals surface area contributed by atoms with Crippen LogP contribution in [-0.4, -0.2) is 65.6 Å². The maximum Gasteiger partial charge on any atom is 0.250 e. The van der Waals surface area contributed by atoms with Gasteiger partial charge in [-0.05, 0) is 17.4 Å². The molecule has 27 heavy (non-hydrogen) atoms. The minimum Gasteiger partial charge on any atom is -0.394 e. The first-order chi connectivity index (χ1) is 12.9. The van der Waals surface area contributed by atoms with Crippen molar-refractivity contribution >= 4 is 5.91 Å². The van der Waals surface area contributed by atoms with Gasteiger partial charge in [0.25, 0.3) is 5.92 Å². The second kappa shape index (κ2) is 8.65. The molecule has 1 N–H and O–H groups in total. The Morgan fingerprint density at radius 3 is 2.48 bits per heavy atom. The van der Waals surface area contributed by atoms with Gasteiger partial charge in [0.1, 0.15) is 0 Å². The van der Waals surface area contributed by atoms with Crippen molar-refractivity contribution in [3.8, 4) is 0 Å². The number of hydrogen-bond acceptors (Lipinski definition) is 3. The summed E-state index contributed by atoms with van der Waals surface area (Å²) >= 11 is 0. The van der Waals surface area contributed by atoms with Crippen LogP contribution in [0.1, 0.15) is 31.7 Å². The Morgan fingerprint density at radius 2 is 1.89 bits per heavy atom. The zero-order chi connectivity index (χ0) is 19.4. The average molecular weight is 380 g/mol. The number of piperidine rings is 1. The van der Waals surface area contributed by atoms with E-state index in [0.29, 0.717) is 38.5 Å². The lowest BCUT2D eigenvalue weighted by Crippen LogP contribution is -2.47. The number of aliphatic hydroxyl groups is 1. The van der Waals surface area contributed by atoms with E-state index in [1.54, 1.807) is 0 Å². The molecule has 0 unspecified atom stereocenters. The third-order valence-corrected chi connectivity index (χ3v) is 6.22. The Balaban J connectivity index is 1.66. The zero-order valence-electron chi connectivity index (χ0n) is 16.0. The fraction of sp³-hybridized carbons (Fsp3) is 0.667. The highest BCUT2D eigenvalue weighted by Gasteiger charge is 2.44. The number of amides is 1. The van der Waals surface area contributed by atoms with Crippen LogP contribution in [0, 0.1) is 11.8 Å². The smallest absolute Gasteiger partial charge is 0.250 e. The predicted octanol–water partition coefficient (Wildman–Crippen LogP) is 2.81. The second-order valence-corrected chi connectivity index (χ2v) is 7.95. The van der Waals surface area contributed by atoms with E-state index in [9.17, 15) is 18.7 Å². The molecule has 2 fully saturated rings. The summed E-state index contributed by atoms with van der Waals surface area (Å²) in [4.78, 5) is 16.8. The van der Waals surface area contributed by atoms with Crippen molar-refractivity contribution in [3.63, 3.8) is 0 Å². The Morgan fingerprint density at radius 1 is 1.22 bits per heavy atom. The Kier molecular flexibility index (Phi) is 6.48.